The molecule has 12 heavy (non-hydrogen) atoms. The van der Waals surface area contributed by atoms with E-state index in [1.54, 1.807) is 0 Å². The minimum atomic E-state index is 0. The van der Waals surface area contributed by atoms with Gasteiger partial charge in [-0.25, -0.2) is 0 Å². The van der Waals surface area contributed by atoms with Crippen LogP contribution in [0.4, 0.5) is 0 Å². The third kappa shape index (κ3) is 3.75. The molecule has 1 rings (SSSR count). The molecular formula is C9H19Br2N. The zero-order chi connectivity index (χ0) is 8.70. The molecule has 0 aliphatic carbocycles. The Morgan fingerprint density at radius 1 is 1.08 bits per heavy atom. The molecule has 0 spiro atoms. The minimum Gasteiger partial charge on any atom is -0.307 e. The van der Waals surface area contributed by atoms with Gasteiger partial charge in [0.1, 0.15) is 0 Å². The summed E-state index contributed by atoms with van der Waals surface area (Å²) in [7, 11) is 0. The summed E-state index contributed by atoms with van der Waals surface area (Å²) in [6.07, 6.45) is 2.44. The van der Waals surface area contributed by atoms with Crippen LogP contribution < -0.4 is 5.32 Å². The summed E-state index contributed by atoms with van der Waals surface area (Å²) in [6, 6.07) is 0. The largest absolute Gasteiger partial charge is 0.307 e. The maximum Gasteiger partial charge on any atom is 0.0180 e. The van der Waals surface area contributed by atoms with E-state index in [-0.39, 0.29) is 28.1 Å². The third-order valence-corrected chi connectivity index (χ3v) is 2.79. The first-order valence-electron chi connectivity index (χ1n) is 4.24. The van der Waals surface area contributed by atoms with Crippen molar-refractivity contribution in [2.45, 2.75) is 56.4 Å². The van der Waals surface area contributed by atoms with Gasteiger partial charge in [0.25, 0.3) is 0 Å². The van der Waals surface area contributed by atoms with Crippen molar-refractivity contribution in [3.05, 3.63) is 0 Å². The zero-order valence-electron chi connectivity index (χ0n) is 8.28. The van der Waals surface area contributed by atoms with E-state index in [2.05, 4.69) is 48.9 Å². The highest BCUT2D eigenvalue weighted by atomic mass is 79.9. The van der Waals surface area contributed by atoms with Gasteiger partial charge in [0.05, 0.1) is 0 Å². The Morgan fingerprint density at radius 3 is 1.67 bits per heavy atom. The Bertz CT molecular complexity index is 139. The second-order valence-corrected chi connectivity index (χ2v) is 6.19. The van der Waals surface area contributed by atoms with E-state index in [0.29, 0.717) is 4.83 Å². The average molecular weight is 301 g/mol. The van der Waals surface area contributed by atoms with E-state index >= 15 is 0 Å². The van der Waals surface area contributed by atoms with Gasteiger partial charge >= 0.3 is 0 Å². The normalized spacial score (nSPS) is 27.8. The van der Waals surface area contributed by atoms with Gasteiger partial charge in [0, 0.05) is 15.9 Å². The van der Waals surface area contributed by atoms with Gasteiger partial charge in [-0.05, 0) is 40.5 Å². The predicted molar refractivity (Wildman–Crippen MR) is 63.6 cm³/mol. The van der Waals surface area contributed by atoms with E-state index in [9.17, 15) is 0 Å². The summed E-state index contributed by atoms with van der Waals surface area (Å²) in [4.78, 5) is 0.675. The number of hydrogen-bond donors (Lipinski definition) is 1. The quantitative estimate of drug-likeness (QED) is 0.677. The van der Waals surface area contributed by atoms with E-state index in [0.717, 1.165) is 0 Å². The molecule has 0 aromatic carbocycles. The van der Waals surface area contributed by atoms with E-state index in [1.165, 1.54) is 12.8 Å². The van der Waals surface area contributed by atoms with Gasteiger partial charge in [-0.1, -0.05) is 15.9 Å². The van der Waals surface area contributed by atoms with Gasteiger partial charge < -0.3 is 5.32 Å². The lowest BCUT2D eigenvalue weighted by Crippen LogP contribution is -2.58. The standard InChI is InChI=1S/C9H18BrN.BrH/c1-8(2)5-7(10)6-9(3,4)11-8;/h7,11H,5-6H2,1-4H3;1H. The van der Waals surface area contributed by atoms with Crippen LogP contribution in [0.15, 0.2) is 0 Å². The summed E-state index contributed by atoms with van der Waals surface area (Å²) in [5.74, 6) is 0. The van der Waals surface area contributed by atoms with Crippen LogP contribution in [0, 0.1) is 0 Å². The SMILES string of the molecule is Br.CC1(C)CC(Br)CC(C)(C)N1. The van der Waals surface area contributed by atoms with Crippen molar-refractivity contribution in [2.75, 3.05) is 0 Å². The van der Waals surface area contributed by atoms with E-state index in [1.807, 2.05) is 0 Å². The lowest BCUT2D eigenvalue weighted by atomic mass is 9.83. The van der Waals surface area contributed by atoms with E-state index < -0.39 is 0 Å². The molecule has 1 aliphatic rings. The van der Waals surface area contributed by atoms with Crippen LogP contribution in [0.1, 0.15) is 40.5 Å². The summed E-state index contributed by atoms with van der Waals surface area (Å²) < 4.78 is 0. The van der Waals surface area contributed by atoms with Crippen molar-refractivity contribution in [1.82, 2.24) is 5.32 Å². The maximum absolute atomic E-state index is 3.70. The van der Waals surface area contributed by atoms with Crippen molar-refractivity contribution in [2.24, 2.45) is 0 Å². The smallest absolute Gasteiger partial charge is 0.0180 e. The average Bonchev–Trinajstić information content (AvgIpc) is 1.49. The van der Waals surface area contributed by atoms with Crippen molar-refractivity contribution < 1.29 is 0 Å². The molecule has 74 valence electrons. The van der Waals surface area contributed by atoms with Gasteiger partial charge in [0.2, 0.25) is 0 Å². The molecule has 0 amide bonds. The Morgan fingerprint density at radius 2 is 1.42 bits per heavy atom. The fourth-order valence-electron chi connectivity index (χ4n) is 2.20. The molecule has 0 aromatic heterocycles. The second kappa shape index (κ2) is 3.97. The molecule has 1 saturated heterocycles. The Labute approximate surface area is 94.6 Å². The molecule has 0 saturated carbocycles. The molecule has 1 aliphatic heterocycles. The first kappa shape index (κ1) is 12.9. The summed E-state index contributed by atoms with van der Waals surface area (Å²) in [5, 5.41) is 3.63. The predicted octanol–water partition coefficient (Wildman–Crippen LogP) is 3.27. The molecule has 1 N–H and O–H groups in total. The minimum absolute atomic E-state index is 0. The Balaban J connectivity index is 0.00000121. The lowest BCUT2D eigenvalue weighted by Gasteiger charge is -2.44. The van der Waals surface area contributed by atoms with E-state index in [4.69, 9.17) is 0 Å². The molecule has 1 nitrogen and oxygen atoms in total. The number of halogens is 2. The van der Waals surface area contributed by atoms with Crippen molar-refractivity contribution in [1.29, 1.82) is 0 Å². The van der Waals surface area contributed by atoms with Crippen LogP contribution in [0.2, 0.25) is 0 Å². The number of nitrogens with one attached hydrogen (secondary N) is 1. The number of rotatable bonds is 0. The monoisotopic (exact) mass is 299 g/mol. The van der Waals surface area contributed by atoms with Crippen molar-refractivity contribution in [3.63, 3.8) is 0 Å². The van der Waals surface area contributed by atoms with Crippen LogP contribution in [0.3, 0.4) is 0 Å². The molecule has 0 unspecified atom stereocenters. The molecule has 3 heteroatoms. The van der Waals surface area contributed by atoms with Crippen molar-refractivity contribution >= 4 is 32.9 Å². The first-order valence-corrected chi connectivity index (χ1v) is 5.16. The molecule has 0 radical (unpaired) electrons. The van der Waals surface area contributed by atoms with Crippen LogP contribution >= 0.6 is 32.9 Å². The molecule has 0 bridgehead atoms. The highest BCUT2D eigenvalue weighted by molar-refractivity contribution is 9.09. The number of piperidine rings is 1. The summed E-state index contributed by atoms with van der Waals surface area (Å²) >= 11 is 3.70. The number of alkyl halides is 1. The van der Waals surface area contributed by atoms with Crippen molar-refractivity contribution in [3.8, 4) is 0 Å². The van der Waals surface area contributed by atoms with Crippen LogP contribution in [-0.2, 0) is 0 Å². The van der Waals surface area contributed by atoms with Gasteiger partial charge in [0.15, 0.2) is 0 Å². The number of hydrogen-bond acceptors (Lipinski definition) is 1. The Hall–Kier alpha value is 0.920. The highest BCUT2D eigenvalue weighted by Gasteiger charge is 2.36. The second-order valence-electron chi connectivity index (χ2n) is 4.90. The summed E-state index contributed by atoms with van der Waals surface area (Å²) in [6.45, 7) is 9.06. The fraction of sp³-hybridized carbons (Fsp3) is 1.00. The van der Waals surface area contributed by atoms with Gasteiger partial charge in [-0.3, -0.25) is 0 Å². The van der Waals surface area contributed by atoms with Crippen LogP contribution in [0.25, 0.3) is 0 Å². The maximum atomic E-state index is 3.70. The first-order chi connectivity index (χ1) is 4.81. The van der Waals surface area contributed by atoms with Crippen LogP contribution in [-0.4, -0.2) is 15.9 Å². The molecular weight excluding hydrogens is 282 g/mol. The highest BCUT2D eigenvalue weighted by Crippen LogP contribution is 2.32. The zero-order valence-corrected chi connectivity index (χ0v) is 11.6. The molecule has 1 heterocycles. The fourth-order valence-corrected chi connectivity index (χ4v) is 3.82. The third-order valence-electron chi connectivity index (χ3n) is 2.14. The topological polar surface area (TPSA) is 12.0 Å². The molecule has 0 atom stereocenters. The van der Waals surface area contributed by atoms with Crippen LogP contribution in [0.5, 0.6) is 0 Å². The lowest BCUT2D eigenvalue weighted by molar-refractivity contribution is 0.190. The molecule has 0 aromatic rings. The molecule has 1 fully saturated rings. The summed E-state index contributed by atoms with van der Waals surface area (Å²) in [5.41, 5.74) is 0.575. The van der Waals surface area contributed by atoms with Gasteiger partial charge in [-0.15, -0.1) is 17.0 Å². The Kier molecular flexibility index (Phi) is 4.28. The van der Waals surface area contributed by atoms with Gasteiger partial charge in [-0.2, -0.15) is 0 Å².